The van der Waals surface area contributed by atoms with Crippen molar-refractivity contribution in [3.63, 3.8) is 0 Å². The fraction of sp³-hybridized carbons (Fsp3) is 0.875. The first-order chi connectivity index (χ1) is 9.56. The van der Waals surface area contributed by atoms with E-state index in [-0.39, 0.29) is 12.5 Å². The first-order valence-electron chi connectivity index (χ1n) is 7.97. The zero-order valence-electron chi connectivity index (χ0n) is 13.0. The van der Waals surface area contributed by atoms with Gasteiger partial charge < -0.3 is 9.84 Å². The van der Waals surface area contributed by atoms with E-state index in [0.717, 1.165) is 12.8 Å². The van der Waals surface area contributed by atoms with Crippen molar-refractivity contribution in [2.75, 3.05) is 0 Å². The highest BCUT2D eigenvalue weighted by Gasteiger charge is 2.08. The summed E-state index contributed by atoms with van der Waals surface area (Å²) >= 11 is 5.02. The molecule has 0 heterocycles. The van der Waals surface area contributed by atoms with Crippen LogP contribution < -0.4 is 0 Å². The number of hydrogen-bond donors (Lipinski definition) is 1. The minimum atomic E-state index is -0.827. The third kappa shape index (κ3) is 13.8. The summed E-state index contributed by atoms with van der Waals surface area (Å²) in [5, 5.41) is 8.99. The fourth-order valence-corrected chi connectivity index (χ4v) is 2.38. The van der Waals surface area contributed by atoms with Crippen LogP contribution in [0.5, 0.6) is 0 Å². The highest BCUT2D eigenvalue weighted by atomic mass is 32.1. The first-order valence-corrected chi connectivity index (χ1v) is 8.38. The Kier molecular flexibility index (Phi) is 12.9. The summed E-state index contributed by atoms with van der Waals surface area (Å²) in [6.07, 6.45) is 12.0. The molecule has 0 spiro atoms. The third-order valence-electron chi connectivity index (χ3n) is 3.34. The van der Waals surface area contributed by atoms with E-state index in [2.05, 4.69) is 6.92 Å². The highest BCUT2D eigenvalue weighted by molar-refractivity contribution is 7.80. The van der Waals surface area contributed by atoms with Crippen molar-refractivity contribution in [3.8, 4) is 0 Å². The Morgan fingerprint density at radius 3 is 2.15 bits per heavy atom. The van der Waals surface area contributed by atoms with Gasteiger partial charge in [-0.2, -0.15) is 0 Å². The van der Waals surface area contributed by atoms with Crippen molar-refractivity contribution in [2.24, 2.45) is 0 Å². The van der Waals surface area contributed by atoms with Crippen LogP contribution in [0.15, 0.2) is 0 Å². The van der Waals surface area contributed by atoms with Gasteiger partial charge in [0.2, 0.25) is 0 Å². The van der Waals surface area contributed by atoms with Crippen LogP contribution in [-0.2, 0) is 9.53 Å². The molecule has 0 aromatic carbocycles. The Bertz CT molecular complexity index is 266. The lowest BCUT2D eigenvalue weighted by atomic mass is 10.1. The summed E-state index contributed by atoms with van der Waals surface area (Å²) in [7, 11) is 0. The number of rotatable bonds is 13. The Morgan fingerprint density at radius 1 is 1.05 bits per heavy atom. The first kappa shape index (κ1) is 19.4. The normalized spacial score (nSPS) is 12.1. The van der Waals surface area contributed by atoms with Crippen LogP contribution in [-0.4, -0.2) is 22.2 Å². The molecule has 0 bridgehead atoms. The lowest BCUT2D eigenvalue weighted by Gasteiger charge is -2.14. The number of carbonyl (C=O) groups is 1. The maximum Gasteiger partial charge on any atom is 0.303 e. The Labute approximate surface area is 129 Å². The van der Waals surface area contributed by atoms with Crippen LogP contribution >= 0.6 is 12.2 Å². The lowest BCUT2D eigenvalue weighted by Crippen LogP contribution is -2.14. The number of hydrogen-bond acceptors (Lipinski definition) is 3. The average Bonchev–Trinajstić information content (AvgIpc) is 2.39. The maximum absolute atomic E-state index is 10.4. The van der Waals surface area contributed by atoms with Crippen LogP contribution in [0.2, 0.25) is 0 Å². The standard InChI is InChI=1S/C16H30O3S/c1-3-4-5-6-7-8-9-10-11-14(2)19-16(20)13-12-15(17)18/h14H,3-13H2,1-2H3,(H,17,18). The van der Waals surface area contributed by atoms with Gasteiger partial charge in [0.05, 0.1) is 12.5 Å². The molecule has 20 heavy (non-hydrogen) atoms. The molecule has 4 heteroatoms. The molecule has 0 aromatic heterocycles. The van der Waals surface area contributed by atoms with Crippen molar-refractivity contribution < 1.29 is 14.6 Å². The van der Waals surface area contributed by atoms with Crippen molar-refractivity contribution in [1.82, 2.24) is 0 Å². The predicted octanol–water partition coefficient (Wildman–Crippen LogP) is 5.11. The van der Waals surface area contributed by atoms with Gasteiger partial charge in [-0.05, 0) is 32.0 Å². The number of carboxylic acid groups (broad SMARTS) is 1. The summed E-state index contributed by atoms with van der Waals surface area (Å²) in [5.74, 6) is -0.827. The molecule has 0 aromatic rings. The third-order valence-corrected chi connectivity index (χ3v) is 3.64. The molecule has 0 aliphatic rings. The molecule has 0 aliphatic carbocycles. The van der Waals surface area contributed by atoms with E-state index in [4.69, 9.17) is 22.1 Å². The SMILES string of the molecule is CCCCCCCCCCC(C)OC(=S)CCC(=O)O. The molecule has 1 N–H and O–H groups in total. The summed E-state index contributed by atoms with van der Waals surface area (Å²) in [4.78, 5) is 10.4. The van der Waals surface area contributed by atoms with E-state index in [1.165, 1.54) is 44.9 Å². The van der Waals surface area contributed by atoms with Gasteiger partial charge in [0, 0.05) is 6.42 Å². The maximum atomic E-state index is 10.4. The van der Waals surface area contributed by atoms with Crippen molar-refractivity contribution in [3.05, 3.63) is 0 Å². The number of unbranched alkanes of at least 4 members (excludes halogenated alkanes) is 7. The van der Waals surface area contributed by atoms with Gasteiger partial charge in [-0.25, -0.2) is 0 Å². The minimum absolute atomic E-state index is 0.0588. The van der Waals surface area contributed by atoms with Crippen LogP contribution in [0.4, 0.5) is 0 Å². The topological polar surface area (TPSA) is 46.5 Å². The van der Waals surface area contributed by atoms with Crippen LogP contribution in [0.25, 0.3) is 0 Å². The second-order valence-electron chi connectivity index (χ2n) is 5.46. The molecule has 0 amide bonds. The molecule has 0 saturated heterocycles. The zero-order valence-corrected chi connectivity index (χ0v) is 13.8. The molecule has 0 rings (SSSR count). The minimum Gasteiger partial charge on any atom is -0.484 e. The highest BCUT2D eigenvalue weighted by Crippen LogP contribution is 2.12. The van der Waals surface area contributed by atoms with E-state index < -0.39 is 5.97 Å². The van der Waals surface area contributed by atoms with Crippen molar-refractivity contribution >= 4 is 23.2 Å². The molecule has 118 valence electrons. The van der Waals surface area contributed by atoms with Gasteiger partial charge in [-0.3, -0.25) is 4.79 Å². The number of ether oxygens (including phenoxy) is 1. The fourth-order valence-electron chi connectivity index (χ4n) is 2.12. The molecule has 1 unspecified atom stereocenters. The van der Waals surface area contributed by atoms with Gasteiger partial charge >= 0.3 is 5.97 Å². The summed E-state index contributed by atoms with van der Waals surface area (Å²) < 4.78 is 5.53. The Hall–Kier alpha value is -0.640. The number of aliphatic carboxylic acids is 1. The van der Waals surface area contributed by atoms with E-state index in [9.17, 15) is 4.79 Å². The molecule has 1 atom stereocenters. The van der Waals surface area contributed by atoms with E-state index in [0.29, 0.717) is 11.5 Å². The zero-order chi connectivity index (χ0) is 15.2. The van der Waals surface area contributed by atoms with Gasteiger partial charge in [-0.15, -0.1) is 0 Å². The van der Waals surface area contributed by atoms with Crippen molar-refractivity contribution in [1.29, 1.82) is 0 Å². The van der Waals surface area contributed by atoms with E-state index in [1.807, 2.05) is 6.92 Å². The van der Waals surface area contributed by atoms with Crippen LogP contribution in [0.1, 0.15) is 84.5 Å². The predicted molar refractivity (Wildman–Crippen MR) is 87.2 cm³/mol. The van der Waals surface area contributed by atoms with Gasteiger partial charge in [0.25, 0.3) is 0 Å². The summed E-state index contributed by atoms with van der Waals surface area (Å²) in [6, 6.07) is 0. The summed E-state index contributed by atoms with van der Waals surface area (Å²) in [6.45, 7) is 4.25. The smallest absolute Gasteiger partial charge is 0.303 e. The molecule has 0 radical (unpaired) electrons. The molecular formula is C16H30O3S. The van der Waals surface area contributed by atoms with Crippen LogP contribution in [0, 0.1) is 0 Å². The lowest BCUT2D eigenvalue weighted by molar-refractivity contribution is -0.136. The Balaban J connectivity index is 3.37. The number of carboxylic acids is 1. The van der Waals surface area contributed by atoms with E-state index >= 15 is 0 Å². The molecular weight excluding hydrogens is 272 g/mol. The summed E-state index contributed by atoms with van der Waals surface area (Å²) in [5.41, 5.74) is 0. The van der Waals surface area contributed by atoms with Crippen LogP contribution in [0.3, 0.4) is 0 Å². The second-order valence-corrected chi connectivity index (χ2v) is 5.91. The average molecular weight is 302 g/mol. The van der Waals surface area contributed by atoms with E-state index in [1.54, 1.807) is 0 Å². The quantitative estimate of drug-likeness (QED) is 0.379. The molecule has 3 nitrogen and oxygen atoms in total. The number of thiocarbonyl (C=S) groups is 1. The Morgan fingerprint density at radius 2 is 1.60 bits per heavy atom. The monoisotopic (exact) mass is 302 g/mol. The van der Waals surface area contributed by atoms with Crippen molar-refractivity contribution in [2.45, 2.75) is 90.6 Å². The molecule has 0 fully saturated rings. The molecule has 0 aliphatic heterocycles. The second kappa shape index (κ2) is 13.3. The molecule has 0 saturated carbocycles. The largest absolute Gasteiger partial charge is 0.484 e. The van der Waals surface area contributed by atoms with Gasteiger partial charge in [0.15, 0.2) is 5.05 Å². The van der Waals surface area contributed by atoms with Gasteiger partial charge in [0.1, 0.15) is 0 Å². The van der Waals surface area contributed by atoms with Gasteiger partial charge in [-0.1, -0.05) is 51.9 Å².